The van der Waals surface area contributed by atoms with Gasteiger partial charge in [0.05, 0.1) is 43.0 Å². The summed E-state index contributed by atoms with van der Waals surface area (Å²) in [5.41, 5.74) is -1.47. The fourth-order valence-electron chi connectivity index (χ4n) is 9.10. The first-order valence-electron chi connectivity index (χ1n) is 21.1. The van der Waals surface area contributed by atoms with Crippen LogP contribution in [-0.4, -0.2) is 164 Å². The summed E-state index contributed by atoms with van der Waals surface area (Å²) in [6, 6.07) is -0.506. The van der Waals surface area contributed by atoms with Crippen LogP contribution in [0.15, 0.2) is 0 Å². The molecule has 0 bridgehead atoms. The monoisotopic (exact) mass is 817 g/mol. The number of aliphatic hydroxyl groups is 3. The minimum Gasteiger partial charge on any atom is -0.463 e. The fraction of sp³-hybridized carbons (Fsp3) is 0.929. The first-order chi connectivity index (χ1) is 26.7. The zero-order valence-corrected chi connectivity index (χ0v) is 36.7. The predicted molar refractivity (Wildman–Crippen MR) is 212 cm³/mol. The third kappa shape index (κ3) is 14.1. The molecule has 3 aliphatic rings. The van der Waals surface area contributed by atoms with Crippen molar-refractivity contribution in [3.05, 3.63) is 0 Å². The van der Waals surface area contributed by atoms with Gasteiger partial charge in [0, 0.05) is 32.4 Å². The summed E-state index contributed by atoms with van der Waals surface area (Å²) in [4.78, 5) is 41.9. The molecule has 15 heteroatoms. The van der Waals surface area contributed by atoms with Crippen molar-refractivity contribution in [1.82, 2.24) is 9.80 Å². The number of nitrogens with zero attached hydrogens (tertiary/aromatic N) is 2. The van der Waals surface area contributed by atoms with Gasteiger partial charge in [0.25, 0.3) is 0 Å². The number of carbonyl (C=O) groups is 3. The van der Waals surface area contributed by atoms with Crippen LogP contribution in [-0.2, 0) is 47.5 Å². The van der Waals surface area contributed by atoms with Gasteiger partial charge in [0.2, 0.25) is 0 Å². The molecule has 0 amide bonds. The topological polar surface area (TPSA) is 183 Å². The summed E-state index contributed by atoms with van der Waals surface area (Å²) in [6.07, 6.45) is -4.44. The Bertz CT molecular complexity index is 1240. The van der Waals surface area contributed by atoms with E-state index in [0.717, 1.165) is 38.4 Å². The largest absolute Gasteiger partial charge is 0.463 e. The number of aldehydes is 1. The van der Waals surface area contributed by atoms with Crippen molar-refractivity contribution in [1.29, 1.82) is 0 Å². The Labute approximate surface area is 341 Å². The van der Waals surface area contributed by atoms with Crippen molar-refractivity contribution in [2.75, 3.05) is 35.3 Å². The molecule has 0 radical (unpaired) electrons. The molecule has 0 aromatic heterocycles. The molecule has 3 N–H and O–H groups in total. The minimum absolute atomic E-state index is 0.00739. The Balaban J connectivity index is 1.92. The van der Waals surface area contributed by atoms with Crippen LogP contribution in [0.2, 0.25) is 0 Å². The maximum absolute atomic E-state index is 13.0. The molecule has 15 nitrogen and oxygen atoms in total. The smallest absolute Gasteiger partial charge is 0.308 e. The minimum atomic E-state index is -1.47. The highest BCUT2D eigenvalue weighted by Crippen LogP contribution is 2.38. The number of hydrogen-bond acceptors (Lipinski definition) is 15. The van der Waals surface area contributed by atoms with Gasteiger partial charge in [0.1, 0.15) is 30.2 Å². The summed E-state index contributed by atoms with van der Waals surface area (Å²) >= 11 is 0. The van der Waals surface area contributed by atoms with Gasteiger partial charge in [-0.1, -0.05) is 33.6 Å². The second kappa shape index (κ2) is 22.7. The fourth-order valence-corrected chi connectivity index (χ4v) is 9.10. The molecule has 3 aliphatic heterocycles. The van der Waals surface area contributed by atoms with Crippen LogP contribution in [0, 0.1) is 17.8 Å². The van der Waals surface area contributed by atoms with Crippen molar-refractivity contribution in [2.45, 2.75) is 198 Å². The third-order valence-electron chi connectivity index (χ3n) is 11.9. The van der Waals surface area contributed by atoms with Crippen molar-refractivity contribution in [2.24, 2.45) is 17.8 Å². The lowest BCUT2D eigenvalue weighted by molar-refractivity contribution is -0.344. The molecule has 3 rings (SSSR count). The van der Waals surface area contributed by atoms with Gasteiger partial charge in [-0.15, -0.1) is 0 Å². The van der Waals surface area contributed by atoms with E-state index in [2.05, 4.69) is 25.9 Å². The summed E-state index contributed by atoms with van der Waals surface area (Å²) in [7, 11) is 9.12. The quantitative estimate of drug-likeness (QED) is 0.192. The molecule has 3 heterocycles. The lowest BCUT2D eigenvalue weighted by atomic mass is 9.80. The second-order valence-corrected chi connectivity index (χ2v) is 18.0. The van der Waals surface area contributed by atoms with Crippen molar-refractivity contribution < 1.29 is 62.9 Å². The highest BCUT2D eigenvalue weighted by molar-refractivity contribution is 5.70. The van der Waals surface area contributed by atoms with E-state index in [0.29, 0.717) is 6.42 Å². The average Bonchev–Trinajstić information content (AvgIpc) is 3.08. The second-order valence-electron chi connectivity index (χ2n) is 18.0. The molecule has 0 aromatic rings. The van der Waals surface area contributed by atoms with Gasteiger partial charge in [0.15, 0.2) is 18.7 Å². The summed E-state index contributed by atoms with van der Waals surface area (Å²) in [5.74, 6) is -1.26. The molecule has 0 saturated carbocycles. The van der Waals surface area contributed by atoms with Crippen LogP contribution >= 0.6 is 0 Å². The van der Waals surface area contributed by atoms with E-state index in [9.17, 15) is 29.7 Å². The Morgan fingerprint density at radius 1 is 0.947 bits per heavy atom. The van der Waals surface area contributed by atoms with Crippen molar-refractivity contribution in [3.63, 3.8) is 0 Å². The maximum Gasteiger partial charge on any atom is 0.308 e. The highest BCUT2D eigenvalue weighted by Gasteiger charge is 2.52. The van der Waals surface area contributed by atoms with Crippen molar-refractivity contribution in [3.8, 4) is 0 Å². The Kier molecular flexibility index (Phi) is 19.8. The Hall–Kier alpha value is -1.79. The van der Waals surface area contributed by atoms with E-state index in [-0.39, 0.29) is 49.7 Å². The van der Waals surface area contributed by atoms with Crippen LogP contribution < -0.4 is 0 Å². The molecule has 0 aromatic carbocycles. The Morgan fingerprint density at radius 3 is 2.19 bits per heavy atom. The third-order valence-corrected chi connectivity index (χ3v) is 11.9. The molecule has 3 fully saturated rings. The number of likely N-dealkylation sites (N-methyl/N-ethyl adjacent to an activating group) is 1. The van der Waals surface area contributed by atoms with Gasteiger partial charge in [-0.3, -0.25) is 9.59 Å². The van der Waals surface area contributed by atoms with Crippen LogP contribution in [0.4, 0.5) is 0 Å². The number of aliphatic hydroxyl groups excluding tert-OH is 2. The van der Waals surface area contributed by atoms with Gasteiger partial charge in [-0.25, -0.2) is 0 Å². The van der Waals surface area contributed by atoms with E-state index in [4.69, 9.17) is 33.2 Å². The molecular weight excluding hydrogens is 740 g/mol. The van der Waals surface area contributed by atoms with Crippen LogP contribution in [0.3, 0.4) is 0 Å². The normalized spacial score (nSPS) is 40.9. The van der Waals surface area contributed by atoms with Crippen LogP contribution in [0.5, 0.6) is 0 Å². The van der Waals surface area contributed by atoms with Gasteiger partial charge < -0.3 is 63.1 Å². The summed E-state index contributed by atoms with van der Waals surface area (Å²) in [6.45, 7) is 12.9. The molecule has 57 heavy (non-hydrogen) atoms. The zero-order chi connectivity index (χ0) is 42.8. The molecular formula is C42H76N2O13. The number of cyclic esters (lactones) is 1. The molecule has 3 saturated heterocycles. The van der Waals surface area contributed by atoms with Crippen molar-refractivity contribution >= 4 is 18.2 Å². The SMILES string of the molecule is COC1[C@H](O)CC(=O)O[C@H](C)CCCCC[C@H](N(C)C)[C@H](C)C[C@H](CC=O)[C@@H]1O[C@@H]1O[C@H](C)[C@@H](O[C@H]2C[C@@](C)(O)[C@@H](OC(=O)CC(C)C)[C@H](C)O2)[C@H](N(C)C)[C@H]1O. The lowest BCUT2D eigenvalue weighted by Crippen LogP contribution is -2.66. The number of rotatable bonds is 12. The van der Waals surface area contributed by atoms with Crippen LogP contribution in [0.25, 0.3) is 0 Å². The predicted octanol–water partition coefficient (Wildman–Crippen LogP) is 3.46. The van der Waals surface area contributed by atoms with Gasteiger partial charge in [-0.2, -0.15) is 0 Å². The van der Waals surface area contributed by atoms with Gasteiger partial charge >= 0.3 is 11.9 Å². The van der Waals surface area contributed by atoms with E-state index in [1.165, 1.54) is 7.11 Å². The maximum atomic E-state index is 13.0. The summed E-state index contributed by atoms with van der Waals surface area (Å²) in [5, 5.41) is 35.1. The average molecular weight is 817 g/mol. The summed E-state index contributed by atoms with van der Waals surface area (Å²) < 4.78 is 43.0. The number of methoxy groups -OCH3 is 1. The molecule has 0 spiro atoms. The number of hydrogen-bond donors (Lipinski definition) is 3. The number of ether oxygens (including phenoxy) is 7. The van der Waals surface area contributed by atoms with Crippen LogP contribution in [0.1, 0.15) is 113 Å². The lowest BCUT2D eigenvalue weighted by Gasteiger charge is -2.50. The molecule has 0 aliphatic carbocycles. The Morgan fingerprint density at radius 2 is 1.61 bits per heavy atom. The van der Waals surface area contributed by atoms with E-state index < -0.39 is 90.9 Å². The van der Waals surface area contributed by atoms with E-state index >= 15 is 0 Å². The molecule has 332 valence electrons. The highest BCUT2D eigenvalue weighted by atomic mass is 16.7. The van der Waals surface area contributed by atoms with E-state index in [1.54, 1.807) is 39.8 Å². The first-order valence-corrected chi connectivity index (χ1v) is 21.1. The van der Waals surface area contributed by atoms with E-state index in [1.807, 2.05) is 20.8 Å². The molecule has 16 atom stereocenters. The number of carbonyl (C=O) groups excluding carboxylic acids is 3. The zero-order valence-electron chi connectivity index (χ0n) is 36.7. The van der Waals surface area contributed by atoms with Gasteiger partial charge in [-0.05, 0) is 99.3 Å². The number of esters is 2. The molecule has 1 unspecified atom stereocenters. The first kappa shape index (κ1) is 49.6. The standard InChI is InChI=1S/C42H76N2O13/c1-24(2)20-32(47)55-40-28(6)53-34(23-42(40,7)50)56-37-27(5)54-41(36(49)35(37)44(10)11)57-38-29(18-19-45)21-25(3)30(43(8)9)17-15-13-14-16-26(4)52-33(48)22-31(46)39(38)51-12/h19,24-31,34-41,46,49-50H,13-18,20-23H2,1-12H3/t25-,26-,27-,28+,29+,30+,31-,34+,35-,36-,37-,38+,39?,40+,41+,42-/m1/s1.